The minimum atomic E-state index is 0.181. The van der Waals surface area contributed by atoms with E-state index < -0.39 is 0 Å². The highest BCUT2D eigenvalue weighted by Gasteiger charge is 2.08. The minimum absolute atomic E-state index is 0.181. The molecule has 0 aliphatic carbocycles. The number of anilines is 1. The maximum absolute atomic E-state index is 5.95. The van der Waals surface area contributed by atoms with Crippen molar-refractivity contribution in [2.75, 3.05) is 18.9 Å². The first kappa shape index (κ1) is 13.4. The highest BCUT2D eigenvalue weighted by molar-refractivity contribution is 6.37. The second-order valence-electron chi connectivity index (χ2n) is 3.58. The highest BCUT2D eigenvalue weighted by Crippen LogP contribution is 2.34. The SMILES string of the molecule is CC(C)OCCOc1c(Cl)cc(N)cc1Cl. The van der Waals surface area contributed by atoms with Gasteiger partial charge in [-0.15, -0.1) is 0 Å². The molecule has 0 bridgehead atoms. The Kier molecular flexibility index (Phi) is 5.19. The number of rotatable bonds is 5. The van der Waals surface area contributed by atoms with Gasteiger partial charge in [0.2, 0.25) is 0 Å². The molecule has 0 atom stereocenters. The first-order valence-corrected chi connectivity index (χ1v) is 5.75. The topological polar surface area (TPSA) is 44.5 Å². The van der Waals surface area contributed by atoms with Gasteiger partial charge in [0.05, 0.1) is 22.8 Å². The van der Waals surface area contributed by atoms with E-state index in [2.05, 4.69) is 0 Å². The Hall–Kier alpha value is -0.640. The molecule has 16 heavy (non-hydrogen) atoms. The highest BCUT2D eigenvalue weighted by atomic mass is 35.5. The summed E-state index contributed by atoms with van der Waals surface area (Å²) in [4.78, 5) is 0. The van der Waals surface area contributed by atoms with Gasteiger partial charge in [0, 0.05) is 5.69 Å². The van der Waals surface area contributed by atoms with Crippen molar-refractivity contribution < 1.29 is 9.47 Å². The van der Waals surface area contributed by atoms with E-state index in [9.17, 15) is 0 Å². The summed E-state index contributed by atoms with van der Waals surface area (Å²) in [6.45, 7) is 4.82. The Morgan fingerprint density at radius 2 is 1.75 bits per heavy atom. The van der Waals surface area contributed by atoms with E-state index in [1.54, 1.807) is 12.1 Å². The maximum atomic E-state index is 5.95. The molecule has 90 valence electrons. The van der Waals surface area contributed by atoms with Crippen molar-refractivity contribution in [2.45, 2.75) is 20.0 Å². The molecule has 0 spiro atoms. The van der Waals surface area contributed by atoms with E-state index in [-0.39, 0.29) is 6.10 Å². The first-order valence-electron chi connectivity index (χ1n) is 4.99. The van der Waals surface area contributed by atoms with Gasteiger partial charge in [0.1, 0.15) is 6.61 Å². The largest absolute Gasteiger partial charge is 0.488 e. The van der Waals surface area contributed by atoms with Crippen LogP contribution in [0.4, 0.5) is 5.69 Å². The molecule has 0 aliphatic heterocycles. The van der Waals surface area contributed by atoms with Crippen LogP contribution < -0.4 is 10.5 Å². The molecule has 1 aromatic rings. The Morgan fingerprint density at radius 1 is 1.19 bits per heavy atom. The predicted molar refractivity (Wildman–Crippen MR) is 67.5 cm³/mol. The van der Waals surface area contributed by atoms with E-state index in [4.69, 9.17) is 38.4 Å². The summed E-state index contributed by atoms with van der Waals surface area (Å²) < 4.78 is 10.8. The van der Waals surface area contributed by atoms with E-state index in [0.29, 0.717) is 34.7 Å². The van der Waals surface area contributed by atoms with E-state index in [0.717, 1.165) is 0 Å². The molecule has 0 fully saturated rings. The molecule has 0 unspecified atom stereocenters. The average molecular weight is 264 g/mol. The van der Waals surface area contributed by atoms with Crippen LogP contribution in [-0.4, -0.2) is 19.3 Å². The molecule has 0 heterocycles. The van der Waals surface area contributed by atoms with Gasteiger partial charge in [-0.2, -0.15) is 0 Å². The molecule has 3 nitrogen and oxygen atoms in total. The van der Waals surface area contributed by atoms with Gasteiger partial charge in [-0.25, -0.2) is 0 Å². The van der Waals surface area contributed by atoms with Crippen molar-refractivity contribution in [3.8, 4) is 5.75 Å². The van der Waals surface area contributed by atoms with Crippen molar-refractivity contribution in [3.05, 3.63) is 22.2 Å². The van der Waals surface area contributed by atoms with Gasteiger partial charge in [-0.1, -0.05) is 23.2 Å². The van der Waals surface area contributed by atoms with Crippen LogP contribution in [0.15, 0.2) is 12.1 Å². The van der Waals surface area contributed by atoms with Crippen molar-refractivity contribution in [2.24, 2.45) is 0 Å². The Balaban J connectivity index is 2.54. The quantitative estimate of drug-likeness (QED) is 0.655. The van der Waals surface area contributed by atoms with Crippen molar-refractivity contribution in [3.63, 3.8) is 0 Å². The third-order valence-electron chi connectivity index (χ3n) is 1.80. The fourth-order valence-corrected chi connectivity index (χ4v) is 1.76. The lowest BCUT2D eigenvalue weighted by molar-refractivity contribution is 0.0553. The molecule has 1 aromatic carbocycles. The van der Waals surface area contributed by atoms with Crippen LogP contribution >= 0.6 is 23.2 Å². The maximum Gasteiger partial charge on any atom is 0.156 e. The van der Waals surface area contributed by atoms with E-state index in [1.165, 1.54) is 0 Å². The third-order valence-corrected chi connectivity index (χ3v) is 2.36. The lowest BCUT2D eigenvalue weighted by Gasteiger charge is -2.12. The molecule has 0 radical (unpaired) electrons. The van der Waals surface area contributed by atoms with Gasteiger partial charge in [-0.05, 0) is 26.0 Å². The summed E-state index contributed by atoms with van der Waals surface area (Å²) in [7, 11) is 0. The molecule has 0 amide bonds. The van der Waals surface area contributed by atoms with Crippen molar-refractivity contribution >= 4 is 28.9 Å². The summed E-state index contributed by atoms with van der Waals surface area (Å²) in [6.07, 6.45) is 0.181. The number of hydrogen-bond acceptors (Lipinski definition) is 3. The van der Waals surface area contributed by atoms with E-state index >= 15 is 0 Å². The number of benzene rings is 1. The van der Waals surface area contributed by atoms with Crippen molar-refractivity contribution in [1.29, 1.82) is 0 Å². The fraction of sp³-hybridized carbons (Fsp3) is 0.455. The summed E-state index contributed by atoms with van der Waals surface area (Å²) in [5, 5.41) is 0.823. The number of ether oxygens (including phenoxy) is 2. The Bertz CT molecular complexity index is 333. The molecule has 0 saturated carbocycles. The summed E-state index contributed by atoms with van der Waals surface area (Å²) in [5.74, 6) is 0.449. The van der Waals surface area contributed by atoms with Gasteiger partial charge in [-0.3, -0.25) is 0 Å². The second kappa shape index (κ2) is 6.18. The van der Waals surface area contributed by atoms with Crippen LogP contribution in [0.25, 0.3) is 0 Å². The van der Waals surface area contributed by atoms with Gasteiger partial charge in [0.25, 0.3) is 0 Å². The van der Waals surface area contributed by atoms with Gasteiger partial charge < -0.3 is 15.2 Å². The second-order valence-corrected chi connectivity index (χ2v) is 4.40. The lowest BCUT2D eigenvalue weighted by Crippen LogP contribution is -2.11. The molecular weight excluding hydrogens is 249 g/mol. The number of nitrogen functional groups attached to an aromatic ring is 1. The number of halogens is 2. The van der Waals surface area contributed by atoms with Crippen LogP contribution in [0.3, 0.4) is 0 Å². The number of nitrogens with two attached hydrogens (primary N) is 1. The zero-order chi connectivity index (χ0) is 12.1. The first-order chi connectivity index (χ1) is 7.50. The smallest absolute Gasteiger partial charge is 0.156 e. The average Bonchev–Trinajstić information content (AvgIpc) is 2.14. The van der Waals surface area contributed by atoms with Crippen LogP contribution in [0, 0.1) is 0 Å². The molecule has 0 saturated heterocycles. The molecular formula is C11H15Cl2NO2. The normalized spacial score (nSPS) is 10.8. The summed E-state index contributed by atoms with van der Waals surface area (Å²) in [6, 6.07) is 3.21. The van der Waals surface area contributed by atoms with Crippen LogP contribution in [0.2, 0.25) is 10.0 Å². The fourth-order valence-electron chi connectivity index (χ4n) is 1.14. The molecule has 5 heteroatoms. The zero-order valence-corrected chi connectivity index (χ0v) is 10.8. The summed E-state index contributed by atoms with van der Waals surface area (Å²) >= 11 is 11.9. The molecule has 2 N–H and O–H groups in total. The Morgan fingerprint density at radius 3 is 2.25 bits per heavy atom. The predicted octanol–water partition coefficient (Wildman–Crippen LogP) is 3.38. The lowest BCUT2D eigenvalue weighted by atomic mass is 10.3. The standard InChI is InChI=1S/C11H15Cl2NO2/c1-7(2)15-3-4-16-11-9(12)5-8(14)6-10(11)13/h5-7H,3-4,14H2,1-2H3. The van der Waals surface area contributed by atoms with Gasteiger partial charge in [0.15, 0.2) is 5.75 Å². The molecule has 0 aliphatic rings. The molecule has 0 aromatic heterocycles. The van der Waals surface area contributed by atoms with Crippen LogP contribution in [-0.2, 0) is 4.74 Å². The number of hydrogen-bond donors (Lipinski definition) is 1. The minimum Gasteiger partial charge on any atom is -0.488 e. The zero-order valence-electron chi connectivity index (χ0n) is 9.30. The third kappa shape index (κ3) is 4.08. The summed E-state index contributed by atoms with van der Waals surface area (Å²) in [5.41, 5.74) is 6.09. The van der Waals surface area contributed by atoms with Crippen molar-refractivity contribution in [1.82, 2.24) is 0 Å². The van der Waals surface area contributed by atoms with Gasteiger partial charge >= 0.3 is 0 Å². The monoisotopic (exact) mass is 263 g/mol. The van der Waals surface area contributed by atoms with E-state index in [1.807, 2.05) is 13.8 Å². The Labute approximate surface area is 105 Å². The molecule has 1 rings (SSSR count). The van der Waals surface area contributed by atoms with Crippen LogP contribution in [0.1, 0.15) is 13.8 Å². The van der Waals surface area contributed by atoms with Crippen LogP contribution in [0.5, 0.6) is 5.75 Å².